The van der Waals surface area contributed by atoms with Gasteiger partial charge in [-0.05, 0) is 30.3 Å². The first-order chi connectivity index (χ1) is 9.54. The first-order valence-electron chi connectivity index (χ1n) is 5.75. The van der Waals surface area contributed by atoms with Crippen molar-refractivity contribution in [1.29, 1.82) is 0 Å². The van der Waals surface area contributed by atoms with Crippen LogP contribution in [0.4, 0.5) is 0 Å². The third-order valence-electron chi connectivity index (χ3n) is 2.94. The number of imidazole rings is 1. The number of benzene rings is 1. The van der Waals surface area contributed by atoms with Gasteiger partial charge in [0.05, 0.1) is 11.3 Å². The summed E-state index contributed by atoms with van der Waals surface area (Å²) in [5.41, 5.74) is 1.66. The summed E-state index contributed by atoms with van der Waals surface area (Å²) in [4.78, 5) is 15.2. The van der Waals surface area contributed by atoms with Crippen molar-refractivity contribution in [3.63, 3.8) is 0 Å². The van der Waals surface area contributed by atoms with Crippen molar-refractivity contribution in [2.45, 2.75) is 0 Å². The Morgan fingerprint density at radius 1 is 1.25 bits per heavy atom. The maximum absolute atomic E-state index is 10.9. The molecule has 1 aromatic carbocycles. The number of phenols is 1. The summed E-state index contributed by atoms with van der Waals surface area (Å²) in [6, 6.07) is 7.63. The number of pyridine rings is 1. The Morgan fingerprint density at radius 3 is 2.80 bits per heavy atom. The Balaban J connectivity index is 2.17. The summed E-state index contributed by atoms with van der Waals surface area (Å²) < 4.78 is 1.68. The highest BCUT2D eigenvalue weighted by Gasteiger charge is 2.11. The molecule has 20 heavy (non-hydrogen) atoms. The Labute approximate surface area is 118 Å². The minimum atomic E-state index is -1.01. The molecular weight excluding hydrogens is 280 g/mol. The molecule has 2 aromatic heterocycles. The number of aromatic nitrogens is 2. The predicted octanol–water partition coefficient (Wildman–Crippen LogP) is 3.06. The van der Waals surface area contributed by atoms with Crippen LogP contribution in [0, 0.1) is 0 Å². The first-order valence-corrected chi connectivity index (χ1v) is 6.13. The van der Waals surface area contributed by atoms with E-state index in [-0.39, 0.29) is 11.3 Å². The Hall–Kier alpha value is -2.53. The van der Waals surface area contributed by atoms with Crippen LogP contribution in [0.5, 0.6) is 5.75 Å². The van der Waals surface area contributed by atoms with Gasteiger partial charge in [0.1, 0.15) is 11.4 Å². The molecule has 0 amide bonds. The van der Waals surface area contributed by atoms with Crippen molar-refractivity contribution < 1.29 is 15.0 Å². The summed E-state index contributed by atoms with van der Waals surface area (Å²) in [7, 11) is 0. The summed E-state index contributed by atoms with van der Waals surface area (Å²) in [5, 5.41) is 19.3. The van der Waals surface area contributed by atoms with E-state index in [4.69, 9.17) is 16.7 Å². The molecule has 2 heterocycles. The van der Waals surface area contributed by atoms with E-state index in [0.717, 1.165) is 0 Å². The van der Waals surface area contributed by atoms with Gasteiger partial charge < -0.3 is 14.6 Å². The number of carbonyl (C=O) groups is 1. The van der Waals surface area contributed by atoms with E-state index in [1.54, 1.807) is 28.9 Å². The normalized spacial score (nSPS) is 10.8. The highest BCUT2D eigenvalue weighted by Crippen LogP contribution is 2.31. The summed E-state index contributed by atoms with van der Waals surface area (Å²) in [6.45, 7) is 0. The fourth-order valence-corrected chi connectivity index (χ4v) is 2.13. The van der Waals surface area contributed by atoms with E-state index in [0.29, 0.717) is 21.9 Å². The van der Waals surface area contributed by atoms with Crippen LogP contribution in [-0.4, -0.2) is 25.6 Å². The Bertz CT molecular complexity index is 826. The van der Waals surface area contributed by atoms with Gasteiger partial charge in [0.15, 0.2) is 0 Å². The van der Waals surface area contributed by atoms with E-state index in [1.165, 1.54) is 18.2 Å². The van der Waals surface area contributed by atoms with E-state index >= 15 is 0 Å². The number of rotatable bonds is 2. The maximum atomic E-state index is 10.9. The molecule has 100 valence electrons. The highest BCUT2D eigenvalue weighted by atomic mass is 35.5. The zero-order valence-corrected chi connectivity index (χ0v) is 10.9. The van der Waals surface area contributed by atoms with E-state index in [1.807, 2.05) is 0 Å². The second kappa shape index (κ2) is 4.54. The zero-order valence-electron chi connectivity index (χ0n) is 10.1. The molecule has 6 heteroatoms. The third-order valence-corrected chi connectivity index (χ3v) is 3.18. The van der Waals surface area contributed by atoms with E-state index in [2.05, 4.69) is 4.98 Å². The molecular formula is C14H9ClN2O3. The molecule has 0 fully saturated rings. The molecule has 3 aromatic rings. The van der Waals surface area contributed by atoms with Crippen LogP contribution in [0.1, 0.15) is 10.4 Å². The second-order valence-electron chi connectivity index (χ2n) is 4.27. The first kappa shape index (κ1) is 12.5. The predicted molar refractivity (Wildman–Crippen MR) is 74.3 cm³/mol. The minimum absolute atomic E-state index is 0.0660. The van der Waals surface area contributed by atoms with Crippen LogP contribution in [0.25, 0.3) is 16.9 Å². The fraction of sp³-hybridized carbons (Fsp3) is 0. The van der Waals surface area contributed by atoms with Crippen molar-refractivity contribution in [2.24, 2.45) is 0 Å². The largest absolute Gasteiger partial charge is 0.507 e. The molecule has 5 nitrogen and oxygen atoms in total. The molecule has 0 aliphatic heterocycles. The molecule has 0 atom stereocenters. The fourth-order valence-electron chi connectivity index (χ4n) is 1.96. The summed E-state index contributed by atoms with van der Waals surface area (Å²) in [5.74, 6) is -0.945. The van der Waals surface area contributed by atoms with Gasteiger partial charge in [0.25, 0.3) is 0 Å². The van der Waals surface area contributed by atoms with Crippen LogP contribution < -0.4 is 0 Å². The lowest BCUT2D eigenvalue weighted by Gasteiger charge is -2.00. The van der Waals surface area contributed by atoms with Crippen molar-refractivity contribution in [3.05, 3.63) is 53.3 Å². The smallest absolute Gasteiger partial charge is 0.335 e. The van der Waals surface area contributed by atoms with Crippen LogP contribution in [0.15, 0.2) is 42.7 Å². The van der Waals surface area contributed by atoms with Gasteiger partial charge in [-0.25, -0.2) is 9.78 Å². The van der Waals surface area contributed by atoms with E-state index in [9.17, 15) is 9.90 Å². The van der Waals surface area contributed by atoms with Crippen molar-refractivity contribution in [2.75, 3.05) is 0 Å². The number of phenolic OH excluding ortho intramolecular Hbond substituents is 1. The van der Waals surface area contributed by atoms with Crippen LogP contribution in [-0.2, 0) is 0 Å². The lowest BCUT2D eigenvalue weighted by Crippen LogP contribution is -1.96. The standard InChI is InChI=1S/C14H9ClN2O3/c15-9-1-2-12(18)10(6-9)11-7-17-4-3-8(14(19)20)5-13(17)16-11/h1-7,18H,(H,19,20). The quantitative estimate of drug-likeness (QED) is 0.760. The lowest BCUT2D eigenvalue weighted by molar-refractivity contribution is 0.0697. The molecule has 0 aliphatic rings. The molecule has 0 unspecified atom stereocenters. The van der Waals surface area contributed by atoms with E-state index < -0.39 is 5.97 Å². The van der Waals surface area contributed by atoms with Gasteiger partial charge in [-0.15, -0.1) is 0 Å². The Morgan fingerprint density at radius 2 is 2.05 bits per heavy atom. The number of carboxylic acid groups (broad SMARTS) is 1. The average Bonchev–Trinajstić information content (AvgIpc) is 2.83. The van der Waals surface area contributed by atoms with Crippen molar-refractivity contribution >= 4 is 23.2 Å². The number of halogens is 1. The van der Waals surface area contributed by atoms with Gasteiger partial charge in [-0.2, -0.15) is 0 Å². The molecule has 0 aliphatic carbocycles. The van der Waals surface area contributed by atoms with Gasteiger partial charge >= 0.3 is 5.97 Å². The molecule has 0 saturated heterocycles. The zero-order chi connectivity index (χ0) is 14.3. The lowest BCUT2D eigenvalue weighted by atomic mass is 10.1. The molecule has 2 N–H and O–H groups in total. The van der Waals surface area contributed by atoms with Gasteiger partial charge in [-0.3, -0.25) is 0 Å². The molecule has 0 spiro atoms. The molecule has 0 bridgehead atoms. The van der Waals surface area contributed by atoms with Gasteiger partial charge in [-0.1, -0.05) is 11.6 Å². The highest BCUT2D eigenvalue weighted by molar-refractivity contribution is 6.30. The molecule has 0 saturated carbocycles. The third kappa shape index (κ3) is 2.08. The van der Waals surface area contributed by atoms with Gasteiger partial charge in [0, 0.05) is 23.0 Å². The number of nitrogens with zero attached hydrogens (tertiary/aromatic N) is 2. The minimum Gasteiger partial charge on any atom is -0.507 e. The number of aromatic hydroxyl groups is 1. The van der Waals surface area contributed by atoms with Crippen LogP contribution in [0.2, 0.25) is 5.02 Å². The number of hydrogen-bond donors (Lipinski definition) is 2. The topological polar surface area (TPSA) is 74.8 Å². The molecule has 0 radical (unpaired) electrons. The number of aromatic carboxylic acids is 1. The average molecular weight is 289 g/mol. The SMILES string of the molecule is O=C(O)c1ccn2cc(-c3cc(Cl)ccc3O)nc2c1. The number of fused-ring (bicyclic) bond motifs is 1. The number of carboxylic acids is 1. The summed E-state index contributed by atoms with van der Waals surface area (Å²) >= 11 is 5.91. The Kier molecular flexibility index (Phi) is 2.84. The summed E-state index contributed by atoms with van der Waals surface area (Å²) in [6.07, 6.45) is 3.31. The second-order valence-corrected chi connectivity index (χ2v) is 4.71. The maximum Gasteiger partial charge on any atom is 0.335 e. The number of hydrogen-bond acceptors (Lipinski definition) is 3. The van der Waals surface area contributed by atoms with Gasteiger partial charge in [0.2, 0.25) is 0 Å². The molecule has 3 rings (SSSR count). The van der Waals surface area contributed by atoms with Crippen LogP contribution in [0.3, 0.4) is 0 Å². The van der Waals surface area contributed by atoms with Crippen molar-refractivity contribution in [3.8, 4) is 17.0 Å². The van der Waals surface area contributed by atoms with Crippen molar-refractivity contribution in [1.82, 2.24) is 9.38 Å². The van der Waals surface area contributed by atoms with Crippen LogP contribution >= 0.6 is 11.6 Å². The monoisotopic (exact) mass is 288 g/mol.